The lowest BCUT2D eigenvalue weighted by Gasteiger charge is -2.17. The van der Waals surface area contributed by atoms with Gasteiger partial charge in [0, 0.05) is 11.8 Å². The van der Waals surface area contributed by atoms with Gasteiger partial charge in [0.05, 0.1) is 26.9 Å². The number of hydrogen-bond acceptors (Lipinski definition) is 3. The normalized spacial score (nSPS) is 25.9. The van der Waals surface area contributed by atoms with Gasteiger partial charge < -0.3 is 5.41 Å². The van der Waals surface area contributed by atoms with E-state index in [4.69, 9.17) is 52.0 Å². The number of halogens is 4. The fraction of sp³-hybridized carbons (Fsp3) is 0.125. The molecule has 8 heteroatoms. The highest BCUT2D eigenvalue weighted by atomic mass is 35.5. The zero-order chi connectivity index (χ0) is 12.2. The zero-order valence-corrected chi connectivity index (χ0v) is 10.4. The molecule has 1 aliphatic carbocycles. The maximum Gasteiger partial charge on any atom is 0.278 e. The molecular formula is C8H2Cl4N2O2. The van der Waals surface area contributed by atoms with Crippen LogP contribution in [0.15, 0.2) is 21.2 Å². The molecule has 1 N–H and O–H groups in total. The van der Waals surface area contributed by atoms with Gasteiger partial charge in [0.2, 0.25) is 0 Å². The molecule has 4 nitrogen and oxygen atoms in total. The van der Waals surface area contributed by atoms with Crippen molar-refractivity contribution in [1.29, 1.82) is 5.41 Å². The van der Waals surface area contributed by atoms with Crippen LogP contribution in [0.3, 0.4) is 0 Å². The SMILES string of the molecule is N=C1C2=C(C(=O)N(Cl)C2=O)C(Cl)=C(Cl)C1Cl. The third kappa shape index (κ3) is 1.34. The quantitative estimate of drug-likeness (QED) is 0.423. The highest BCUT2D eigenvalue weighted by Crippen LogP contribution is 2.41. The summed E-state index contributed by atoms with van der Waals surface area (Å²) in [5.41, 5.74) is -0.615. The van der Waals surface area contributed by atoms with E-state index in [0.29, 0.717) is 4.42 Å². The van der Waals surface area contributed by atoms with Crippen LogP contribution in [0.1, 0.15) is 0 Å². The van der Waals surface area contributed by atoms with Gasteiger partial charge >= 0.3 is 0 Å². The number of allylic oxidation sites excluding steroid dienone is 1. The molecule has 0 saturated heterocycles. The Balaban J connectivity index is 2.71. The molecular weight excluding hydrogens is 298 g/mol. The number of carbonyl (C=O) groups is 2. The van der Waals surface area contributed by atoms with Crippen molar-refractivity contribution in [2.45, 2.75) is 5.38 Å². The molecule has 0 bridgehead atoms. The molecule has 0 aromatic carbocycles. The highest BCUT2D eigenvalue weighted by molar-refractivity contribution is 6.58. The van der Waals surface area contributed by atoms with Crippen LogP contribution in [0.4, 0.5) is 0 Å². The van der Waals surface area contributed by atoms with E-state index >= 15 is 0 Å². The van der Waals surface area contributed by atoms with E-state index in [1.54, 1.807) is 0 Å². The minimum atomic E-state index is -1.03. The minimum Gasteiger partial charge on any atom is -0.302 e. The van der Waals surface area contributed by atoms with Gasteiger partial charge in [-0.15, -0.1) is 11.6 Å². The Kier molecular flexibility index (Phi) is 2.78. The predicted octanol–water partition coefficient (Wildman–Crippen LogP) is 2.14. The average molecular weight is 300 g/mol. The Bertz CT molecular complexity index is 508. The fourth-order valence-corrected chi connectivity index (χ4v) is 2.37. The third-order valence-electron chi connectivity index (χ3n) is 2.21. The molecule has 2 aliphatic rings. The van der Waals surface area contributed by atoms with Crippen molar-refractivity contribution in [3.63, 3.8) is 0 Å². The summed E-state index contributed by atoms with van der Waals surface area (Å²) in [5, 5.41) is 6.41. The molecule has 1 heterocycles. The predicted molar refractivity (Wildman–Crippen MR) is 60.8 cm³/mol. The second-order valence-corrected chi connectivity index (χ2v) is 4.64. The topological polar surface area (TPSA) is 61.2 Å². The van der Waals surface area contributed by atoms with E-state index in [9.17, 15) is 9.59 Å². The second-order valence-electron chi connectivity index (χ2n) is 3.08. The van der Waals surface area contributed by atoms with Gasteiger partial charge in [-0.3, -0.25) is 9.59 Å². The number of rotatable bonds is 0. The van der Waals surface area contributed by atoms with Crippen molar-refractivity contribution in [1.82, 2.24) is 4.42 Å². The highest BCUT2D eigenvalue weighted by Gasteiger charge is 2.46. The van der Waals surface area contributed by atoms with E-state index in [2.05, 4.69) is 0 Å². The molecule has 0 radical (unpaired) electrons. The van der Waals surface area contributed by atoms with Crippen molar-refractivity contribution < 1.29 is 9.59 Å². The minimum absolute atomic E-state index is 0.0554. The van der Waals surface area contributed by atoms with Gasteiger partial charge in [0.15, 0.2) is 0 Å². The molecule has 2 rings (SSSR count). The summed E-state index contributed by atoms with van der Waals surface area (Å²) in [5.74, 6) is -1.60. The Morgan fingerprint density at radius 3 is 2.19 bits per heavy atom. The van der Waals surface area contributed by atoms with Crippen molar-refractivity contribution in [3.05, 3.63) is 21.2 Å². The van der Waals surface area contributed by atoms with Crippen LogP contribution in [0, 0.1) is 5.41 Å². The van der Waals surface area contributed by atoms with Crippen LogP contribution >= 0.6 is 46.6 Å². The van der Waals surface area contributed by atoms with Gasteiger partial charge in [0.1, 0.15) is 5.38 Å². The summed E-state index contributed by atoms with van der Waals surface area (Å²) in [4.78, 5) is 23.1. The van der Waals surface area contributed by atoms with Gasteiger partial charge in [-0.2, -0.15) is 4.42 Å². The number of hydrogen-bond donors (Lipinski definition) is 1. The first-order valence-corrected chi connectivity index (χ1v) is 5.48. The lowest BCUT2D eigenvalue weighted by atomic mass is 9.96. The summed E-state index contributed by atoms with van der Waals surface area (Å²) < 4.78 is 0.362. The van der Waals surface area contributed by atoms with E-state index in [1.807, 2.05) is 0 Å². The average Bonchev–Trinajstić information content (AvgIpc) is 2.48. The van der Waals surface area contributed by atoms with E-state index < -0.39 is 17.2 Å². The van der Waals surface area contributed by atoms with Crippen LogP contribution < -0.4 is 0 Å². The van der Waals surface area contributed by atoms with E-state index in [-0.39, 0.29) is 26.9 Å². The lowest BCUT2D eigenvalue weighted by Crippen LogP contribution is -2.26. The molecule has 1 unspecified atom stereocenters. The molecule has 84 valence electrons. The maximum atomic E-state index is 11.6. The van der Waals surface area contributed by atoms with Gasteiger partial charge in [-0.25, -0.2) is 0 Å². The molecule has 16 heavy (non-hydrogen) atoms. The van der Waals surface area contributed by atoms with Crippen LogP contribution in [0.2, 0.25) is 0 Å². The summed E-state index contributed by atoms with van der Waals surface area (Å²) in [6.07, 6.45) is 0. The first-order valence-electron chi connectivity index (χ1n) is 3.95. The molecule has 2 amide bonds. The fourth-order valence-electron chi connectivity index (χ4n) is 1.44. The number of alkyl halides is 1. The standard InChI is InChI=1S/C8H2Cl4N2O2/c9-3-1-2(6(13)5(11)4(3)10)8(16)14(12)7(1)15/h5,13H. The number of amides is 2. The number of imide groups is 1. The van der Waals surface area contributed by atoms with Crippen LogP contribution in [-0.2, 0) is 9.59 Å². The Labute approximate surface area is 110 Å². The lowest BCUT2D eigenvalue weighted by molar-refractivity contribution is -0.131. The van der Waals surface area contributed by atoms with Gasteiger partial charge in [0.25, 0.3) is 11.8 Å². The molecule has 0 saturated carbocycles. The van der Waals surface area contributed by atoms with Crippen molar-refractivity contribution >= 4 is 64.1 Å². The Morgan fingerprint density at radius 1 is 1.12 bits per heavy atom. The molecule has 0 spiro atoms. The second kappa shape index (κ2) is 3.74. The van der Waals surface area contributed by atoms with Gasteiger partial charge in [-0.1, -0.05) is 23.2 Å². The smallest absolute Gasteiger partial charge is 0.278 e. The summed E-state index contributed by atoms with van der Waals surface area (Å²) in [6, 6.07) is 0. The Hall–Kier alpha value is -0.550. The first-order chi connectivity index (χ1) is 7.37. The Morgan fingerprint density at radius 2 is 1.62 bits per heavy atom. The molecule has 0 aromatic rings. The summed E-state index contributed by atoms with van der Waals surface area (Å²) >= 11 is 22.8. The van der Waals surface area contributed by atoms with Crippen LogP contribution in [0.5, 0.6) is 0 Å². The first kappa shape index (κ1) is 11.9. The van der Waals surface area contributed by atoms with Crippen molar-refractivity contribution in [2.75, 3.05) is 0 Å². The van der Waals surface area contributed by atoms with Gasteiger partial charge in [-0.05, 0) is 0 Å². The molecule has 0 aromatic heterocycles. The number of carbonyl (C=O) groups excluding carboxylic acids is 2. The van der Waals surface area contributed by atoms with E-state index in [0.717, 1.165) is 0 Å². The molecule has 0 fully saturated rings. The monoisotopic (exact) mass is 298 g/mol. The summed E-state index contributed by atoms with van der Waals surface area (Å²) in [6.45, 7) is 0. The third-order valence-corrected chi connectivity index (χ3v) is 3.96. The van der Waals surface area contributed by atoms with Crippen molar-refractivity contribution in [2.24, 2.45) is 0 Å². The summed E-state index contributed by atoms with van der Waals surface area (Å²) in [7, 11) is 0. The maximum absolute atomic E-state index is 11.6. The number of nitrogens with one attached hydrogen (secondary N) is 1. The molecule has 1 aliphatic heterocycles. The zero-order valence-electron chi connectivity index (χ0n) is 7.35. The van der Waals surface area contributed by atoms with E-state index in [1.165, 1.54) is 0 Å². The number of nitrogens with zero attached hydrogens (tertiary/aromatic N) is 1. The van der Waals surface area contributed by atoms with Crippen molar-refractivity contribution in [3.8, 4) is 0 Å². The van der Waals surface area contributed by atoms with Crippen LogP contribution in [0.25, 0.3) is 0 Å². The largest absolute Gasteiger partial charge is 0.302 e. The van der Waals surface area contributed by atoms with Crippen LogP contribution in [-0.4, -0.2) is 27.3 Å². The molecule has 1 atom stereocenters.